The van der Waals surface area contributed by atoms with Gasteiger partial charge in [-0.15, -0.1) is 0 Å². The van der Waals surface area contributed by atoms with E-state index >= 15 is 0 Å². The molecule has 4 rings (SSSR count). The molecule has 0 saturated carbocycles. The van der Waals surface area contributed by atoms with Crippen LogP contribution in [0, 0.1) is 13.8 Å². The van der Waals surface area contributed by atoms with E-state index in [1.165, 1.54) is 35.3 Å². The number of rotatable bonds is 6. The van der Waals surface area contributed by atoms with E-state index < -0.39 is 0 Å². The number of benzene rings is 2. The normalized spacial score (nSPS) is 17.6. The maximum Gasteiger partial charge on any atom is 0.321 e. The van der Waals surface area contributed by atoms with Gasteiger partial charge in [-0.05, 0) is 93.6 Å². The highest BCUT2D eigenvalue weighted by Crippen LogP contribution is 2.36. The smallest absolute Gasteiger partial charge is 0.321 e. The van der Waals surface area contributed by atoms with E-state index in [9.17, 15) is 4.79 Å². The Kier molecular flexibility index (Phi) is 7.99. The summed E-state index contributed by atoms with van der Waals surface area (Å²) >= 11 is 0. The Morgan fingerprint density at radius 3 is 2.29 bits per heavy atom. The number of ether oxygens (including phenoxy) is 1. The molecule has 0 atom stereocenters. The Bertz CT molecular complexity index is 956. The zero-order valence-electron chi connectivity index (χ0n) is 21.3. The average molecular weight is 465 g/mol. The molecule has 2 heterocycles. The zero-order valence-corrected chi connectivity index (χ0v) is 21.3. The summed E-state index contributed by atoms with van der Waals surface area (Å²) in [7, 11) is 1.74. The van der Waals surface area contributed by atoms with Crippen LogP contribution in [-0.4, -0.2) is 68.8 Å². The Balaban J connectivity index is 1.37. The summed E-state index contributed by atoms with van der Waals surface area (Å²) in [6, 6.07) is 12.5. The van der Waals surface area contributed by atoms with Gasteiger partial charge in [0.1, 0.15) is 5.75 Å². The van der Waals surface area contributed by atoms with Gasteiger partial charge in [-0.3, -0.25) is 0 Å². The van der Waals surface area contributed by atoms with Crippen molar-refractivity contribution in [1.29, 1.82) is 0 Å². The number of nitrogens with zero attached hydrogens (tertiary/aromatic N) is 3. The third-order valence-electron chi connectivity index (χ3n) is 7.37. The van der Waals surface area contributed by atoms with Crippen molar-refractivity contribution in [1.82, 2.24) is 9.80 Å². The minimum atomic E-state index is -0.0185. The van der Waals surface area contributed by atoms with Gasteiger partial charge in [0.25, 0.3) is 0 Å². The van der Waals surface area contributed by atoms with Crippen LogP contribution in [0.15, 0.2) is 36.4 Å². The third-order valence-corrected chi connectivity index (χ3v) is 7.37. The van der Waals surface area contributed by atoms with Crippen molar-refractivity contribution < 1.29 is 9.53 Å². The predicted molar refractivity (Wildman–Crippen MR) is 140 cm³/mol. The number of nitrogens with one attached hydrogen (secondary N) is 1. The molecule has 0 radical (unpaired) electrons. The second kappa shape index (κ2) is 11.1. The Hall–Kier alpha value is -2.73. The SMILES string of the molecule is CCCN1CCC(c2cc(NC(=O)N3CCN(c4c(C)cccc4C)CC3)ccc2OC)CC1. The Labute approximate surface area is 204 Å². The van der Waals surface area contributed by atoms with Crippen molar-refractivity contribution in [3.63, 3.8) is 0 Å². The van der Waals surface area contributed by atoms with Gasteiger partial charge in [0.05, 0.1) is 7.11 Å². The molecule has 6 nitrogen and oxygen atoms in total. The maximum atomic E-state index is 13.1. The molecule has 2 aliphatic heterocycles. The van der Waals surface area contributed by atoms with Gasteiger partial charge in [-0.1, -0.05) is 25.1 Å². The minimum absolute atomic E-state index is 0.0185. The molecule has 2 aromatic rings. The average Bonchev–Trinajstić information content (AvgIpc) is 2.85. The highest BCUT2D eigenvalue weighted by molar-refractivity contribution is 5.89. The molecular formula is C28H40N4O2. The largest absolute Gasteiger partial charge is 0.496 e. The number of para-hydroxylation sites is 1. The summed E-state index contributed by atoms with van der Waals surface area (Å²) in [4.78, 5) is 19.9. The topological polar surface area (TPSA) is 48.1 Å². The quantitative estimate of drug-likeness (QED) is 0.634. The summed E-state index contributed by atoms with van der Waals surface area (Å²) in [5.41, 5.74) is 5.98. The number of carbonyl (C=O) groups excluding carboxylic acids is 1. The van der Waals surface area contributed by atoms with E-state index in [1.54, 1.807) is 7.11 Å². The van der Waals surface area contributed by atoms with Crippen LogP contribution < -0.4 is 15.0 Å². The van der Waals surface area contributed by atoms with Crippen molar-refractivity contribution in [2.75, 3.05) is 63.1 Å². The van der Waals surface area contributed by atoms with Crippen LogP contribution in [0.2, 0.25) is 0 Å². The Morgan fingerprint density at radius 1 is 1.00 bits per heavy atom. The number of hydrogen-bond acceptors (Lipinski definition) is 4. The van der Waals surface area contributed by atoms with Crippen LogP contribution in [0.25, 0.3) is 0 Å². The molecule has 0 unspecified atom stereocenters. The number of anilines is 2. The first-order chi connectivity index (χ1) is 16.5. The van der Waals surface area contributed by atoms with Gasteiger partial charge in [0.2, 0.25) is 0 Å². The Morgan fingerprint density at radius 2 is 1.68 bits per heavy atom. The molecule has 6 heteroatoms. The highest BCUT2D eigenvalue weighted by Gasteiger charge is 2.25. The molecule has 2 aromatic carbocycles. The fraction of sp³-hybridized carbons (Fsp3) is 0.536. The van der Waals surface area contributed by atoms with Crippen LogP contribution in [0.5, 0.6) is 5.75 Å². The molecule has 2 amide bonds. The summed E-state index contributed by atoms with van der Waals surface area (Å²) in [5, 5.41) is 3.15. The van der Waals surface area contributed by atoms with Crippen molar-refractivity contribution in [3.05, 3.63) is 53.1 Å². The van der Waals surface area contributed by atoms with E-state index in [0.717, 1.165) is 63.5 Å². The standard InChI is InChI=1S/C28H40N4O2/c1-5-13-30-14-11-23(12-15-30)25-20-24(9-10-26(25)34-4)29-28(33)32-18-16-31(17-19-32)27-21(2)7-6-8-22(27)3/h6-10,20,23H,5,11-19H2,1-4H3,(H,29,33). The second-order valence-corrected chi connectivity index (χ2v) is 9.72. The van der Waals surface area contributed by atoms with E-state index in [1.807, 2.05) is 17.0 Å². The number of likely N-dealkylation sites (tertiary alicyclic amines) is 1. The molecule has 2 fully saturated rings. The number of methoxy groups -OCH3 is 1. The van der Waals surface area contributed by atoms with Crippen molar-refractivity contribution >= 4 is 17.4 Å². The summed E-state index contributed by atoms with van der Waals surface area (Å²) in [6.45, 7) is 13.1. The number of piperazine rings is 1. The summed E-state index contributed by atoms with van der Waals surface area (Å²) in [6.07, 6.45) is 3.47. The van der Waals surface area contributed by atoms with Crippen molar-refractivity contribution in [2.45, 2.75) is 46.0 Å². The molecule has 0 aliphatic carbocycles. The lowest BCUT2D eigenvalue weighted by Gasteiger charge is -2.37. The fourth-order valence-corrected chi connectivity index (χ4v) is 5.56. The van der Waals surface area contributed by atoms with Crippen LogP contribution in [0.1, 0.15) is 48.8 Å². The van der Waals surface area contributed by atoms with E-state index in [-0.39, 0.29) is 6.03 Å². The van der Waals surface area contributed by atoms with Crippen LogP contribution in [0.4, 0.5) is 16.2 Å². The number of carbonyl (C=O) groups is 1. The first-order valence-electron chi connectivity index (χ1n) is 12.8. The number of amides is 2. The first-order valence-corrected chi connectivity index (χ1v) is 12.8. The third kappa shape index (κ3) is 5.49. The highest BCUT2D eigenvalue weighted by atomic mass is 16.5. The molecule has 2 aliphatic rings. The van der Waals surface area contributed by atoms with Gasteiger partial charge in [-0.25, -0.2) is 4.79 Å². The van der Waals surface area contributed by atoms with E-state index in [4.69, 9.17) is 4.74 Å². The van der Waals surface area contributed by atoms with Gasteiger partial charge in [0, 0.05) is 37.6 Å². The molecule has 0 spiro atoms. The lowest BCUT2D eigenvalue weighted by atomic mass is 9.88. The number of hydrogen-bond donors (Lipinski definition) is 1. The van der Waals surface area contributed by atoms with Crippen molar-refractivity contribution in [3.8, 4) is 5.75 Å². The summed E-state index contributed by atoms with van der Waals surface area (Å²) < 4.78 is 5.68. The number of urea groups is 1. The molecule has 0 bridgehead atoms. The molecule has 34 heavy (non-hydrogen) atoms. The lowest BCUT2D eigenvalue weighted by Crippen LogP contribution is -2.50. The van der Waals surface area contributed by atoms with Crippen LogP contribution >= 0.6 is 0 Å². The molecule has 184 valence electrons. The van der Waals surface area contributed by atoms with Crippen molar-refractivity contribution in [2.24, 2.45) is 0 Å². The number of aryl methyl sites for hydroxylation is 2. The predicted octanol–water partition coefficient (Wildman–Crippen LogP) is 5.26. The first kappa shape index (κ1) is 24.4. The van der Waals surface area contributed by atoms with Gasteiger partial charge in [0.15, 0.2) is 0 Å². The van der Waals surface area contributed by atoms with Crippen LogP contribution in [-0.2, 0) is 0 Å². The zero-order chi connectivity index (χ0) is 24.1. The minimum Gasteiger partial charge on any atom is -0.496 e. The maximum absolute atomic E-state index is 13.1. The second-order valence-electron chi connectivity index (χ2n) is 9.72. The number of piperidine rings is 1. The van der Waals surface area contributed by atoms with Gasteiger partial charge in [-0.2, -0.15) is 0 Å². The van der Waals surface area contributed by atoms with Gasteiger partial charge >= 0.3 is 6.03 Å². The van der Waals surface area contributed by atoms with E-state index in [0.29, 0.717) is 5.92 Å². The fourth-order valence-electron chi connectivity index (χ4n) is 5.56. The molecule has 0 aromatic heterocycles. The molecular weight excluding hydrogens is 424 g/mol. The monoisotopic (exact) mass is 464 g/mol. The van der Waals surface area contributed by atoms with E-state index in [2.05, 4.69) is 60.2 Å². The summed E-state index contributed by atoms with van der Waals surface area (Å²) in [5.74, 6) is 1.40. The molecule has 2 saturated heterocycles. The lowest BCUT2D eigenvalue weighted by molar-refractivity contribution is 0.208. The van der Waals surface area contributed by atoms with Gasteiger partial charge < -0.3 is 24.8 Å². The molecule has 1 N–H and O–H groups in total. The van der Waals surface area contributed by atoms with Crippen LogP contribution in [0.3, 0.4) is 0 Å².